The molecule has 1 heterocycles. The van der Waals surface area contributed by atoms with Crippen LogP contribution in [0.25, 0.3) is 10.4 Å². The Kier molecular flexibility index (Phi) is 7.67. The maximum atomic E-state index is 13.1. The first kappa shape index (κ1) is 23.1. The van der Waals surface area contributed by atoms with E-state index in [1.807, 2.05) is 25.1 Å². The molecule has 2 aromatic carbocycles. The van der Waals surface area contributed by atoms with Gasteiger partial charge < -0.3 is 14.4 Å². The predicted octanol–water partition coefficient (Wildman–Crippen LogP) is 4.72. The van der Waals surface area contributed by atoms with Crippen LogP contribution in [0.3, 0.4) is 0 Å². The number of carbonyl (C=O) groups excluding carboxylic acids is 1. The number of rotatable bonds is 8. The smallest absolute Gasteiger partial charge is 0.360 e. The molecule has 0 fully saturated rings. The van der Waals surface area contributed by atoms with Crippen LogP contribution < -0.4 is 0 Å². The number of hydrogen-bond acceptors (Lipinski definition) is 8. The van der Waals surface area contributed by atoms with Crippen molar-refractivity contribution in [2.75, 3.05) is 14.2 Å². The van der Waals surface area contributed by atoms with Crippen molar-refractivity contribution in [3.05, 3.63) is 76.7 Å². The highest BCUT2D eigenvalue weighted by Crippen LogP contribution is 2.25. The molecule has 0 radical (unpaired) electrons. The summed E-state index contributed by atoms with van der Waals surface area (Å²) in [6, 6.07) is 13.6. The number of aromatic nitrogens is 1. The summed E-state index contributed by atoms with van der Waals surface area (Å²) in [5, 5.41) is 7.99. The van der Waals surface area contributed by atoms with Gasteiger partial charge >= 0.3 is 5.97 Å². The molecule has 0 unspecified atom stereocenters. The topological polar surface area (TPSA) is 82.4 Å². The second-order valence-corrected chi connectivity index (χ2v) is 7.55. The zero-order valence-corrected chi connectivity index (χ0v) is 18.9. The zero-order chi connectivity index (χ0) is 23.1. The summed E-state index contributed by atoms with van der Waals surface area (Å²) in [6.07, 6.45) is 0. The zero-order valence-electron chi connectivity index (χ0n) is 18.1. The monoisotopic (exact) mass is 455 g/mol. The second kappa shape index (κ2) is 10.6. The SMILES string of the molecule is CO/N=C(/C(=O)OC)c1cccc(C)c1CO/N=C(\C)c1cc(-c2ccc(F)cc2)sn1. The van der Waals surface area contributed by atoms with Crippen LogP contribution in [0.1, 0.15) is 29.3 Å². The van der Waals surface area contributed by atoms with E-state index in [4.69, 9.17) is 14.4 Å². The fourth-order valence-corrected chi connectivity index (χ4v) is 3.72. The van der Waals surface area contributed by atoms with Gasteiger partial charge in [0.25, 0.3) is 0 Å². The Bertz CT molecular complexity index is 1160. The molecule has 0 aliphatic rings. The number of nitrogens with zero attached hydrogens (tertiary/aromatic N) is 3. The number of carbonyl (C=O) groups is 1. The number of methoxy groups -OCH3 is 1. The molecule has 0 atom stereocenters. The van der Waals surface area contributed by atoms with Gasteiger partial charge in [-0.2, -0.15) is 4.37 Å². The van der Waals surface area contributed by atoms with Gasteiger partial charge in [-0.3, -0.25) is 0 Å². The van der Waals surface area contributed by atoms with Gasteiger partial charge in [-0.15, -0.1) is 0 Å². The van der Waals surface area contributed by atoms with E-state index in [0.717, 1.165) is 21.6 Å². The molecule has 9 heteroatoms. The lowest BCUT2D eigenvalue weighted by Gasteiger charge is -2.12. The molecule has 1 aromatic heterocycles. The molecule has 7 nitrogen and oxygen atoms in total. The molecule has 3 rings (SSSR count). The first-order chi connectivity index (χ1) is 15.4. The normalized spacial score (nSPS) is 11.9. The van der Waals surface area contributed by atoms with Crippen molar-refractivity contribution in [1.82, 2.24) is 4.37 Å². The van der Waals surface area contributed by atoms with Crippen molar-refractivity contribution in [2.45, 2.75) is 20.5 Å². The van der Waals surface area contributed by atoms with Crippen LogP contribution in [0.5, 0.6) is 0 Å². The molecular formula is C23H22FN3O4S. The van der Waals surface area contributed by atoms with Gasteiger partial charge in [0.05, 0.1) is 12.0 Å². The molecule has 166 valence electrons. The molecule has 0 spiro atoms. The van der Waals surface area contributed by atoms with Crippen molar-refractivity contribution in [3.63, 3.8) is 0 Å². The maximum Gasteiger partial charge on any atom is 0.360 e. The van der Waals surface area contributed by atoms with E-state index >= 15 is 0 Å². The lowest BCUT2D eigenvalue weighted by atomic mass is 9.99. The summed E-state index contributed by atoms with van der Waals surface area (Å²) in [7, 11) is 2.64. The minimum atomic E-state index is -0.617. The number of hydrogen-bond donors (Lipinski definition) is 0. The van der Waals surface area contributed by atoms with Gasteiger partial charge in [-0.25, -0.2) is 9.18 Å². The standard InChI is InChI=1S/C23H22FN3O4S/c1-14-6-5-7-18(22(26-30-4)23(28)29-3)19(14)13-31-25-15(2)20-12-21(32-27-20)16-8-10-17(24)11-9-16/h5-12H,13H2,1-4H3/b25-15+,26-22+. The number of esters is 1. The minimum Gasteiger partial charge on any atom is -0.464 e. The predicted molar refractivity (Wildman–Crippen MR) is 121 cm³/mol. The maximum absolute atomic E-state index is 13.1. The van der Waals surface area contributed by atoms with E-state index in [1.54, 1.807) is 25.1 Å². The number of oxime groups is 2. The Labute approximate surface area is 189 Å². The van der Waals surface area contributed by atoms with E-state index in [0.29, 0.717) is 17.0 Å². The highest BCUT2D eigenvalue weighted by molar-refractivity contribution is 7.09. The number of benzene rings is 2. The Morgan fingerprint density at radius 3 is 2.56 bits per heavy atom. The average molecular weight is 456 g/mol. The molecule has 0 N–H and O–H groups in total. The fraction of sp³-hybridized carbons (Fsp3) is 0.217. The molecule has 32 heavy (non-hydrogen) atoms. The van der Waals surface area contributed by atoms with E-state index in [9.17, 15) is 9.18 Å². The van der Waals surface area contributed by atoms with Gasteiger partial charge in [-0.1, -0.05) is 40.6 Å². The highest BCUT2D eigenvalue weighted by Gasteiger charge is 2.20. The summed E-state index contributed by atoms with van der Waals surface area (Å²) in [5.74, 6) is -0.903. The van der Waals surface area contributed by atoms with Crippen LogP contribution in [0, 0.1) is 12.7 Å². The van der Waals surface area contributed by atoms with Gasteiger partial charge in [-0.05, 0) is 54.7 Å². The van der Waals surface area contributed by atoms with Crippen LogP contribution >= 0.6 is 11.5 Å². The molecule has 0 bridgehead atoms. The van der Waals surface area contributed by atoms with E-state index in [1.165, 1.54) is 37.9 Å². The first-order valence-electron chi connectivity index (χ1n) is 9.62. The Morgan fingerprint density at radius 2 is 1.88 bits per heavy atom. The largest absolute Gasteiger partial charge is 0.464 e. The third-order valence-corrected chi connectivity index (χ3v) is 5.48. The van der Waals surface area contributed by atoms with Crippen LogP contribution in [0.2, 0.25) is 0 Å². The first-order valence-corrected chi connectivity index (χ1v) is 10.4. The van der Waals surface area contributed by atoms with Crippen LogP contribution in [0.4, 0.5) is 4.39 Å². The average Bonchev–Trinajstić information content (AvgIpc) is 3.29. The van der Waals surface area contributed by atoms with Crippen molar-refractivity contribution in [3.8, 4) is 10.4 Å². The number of ether oxygens (including phenoxy) is 1. The summed E-state index contributed by atoms with van der Waals surface area (Å²) in [6.45, 7) is 3.79. The van der Waals surface area contributed by atoms with Crippen LogP contribution in [-0.2, 0) is 25.8 Å². The van der Waals surface area contributed by atoms with E-state index < -0.39 is 5.97 Å². The van der Waals surface area contributed by atoms with Crippen molar-refractivity contribution < 1.29 is 23.6 Å². The highest BCUT2D eigenvalue weighted by atomic mass is 32.1. The lowest BCUT2D eigenvalue weighted by Crippen LogP contribution is -2.20. The summed E-state index contributed by atoms with van der Waals surface area (Å²) in [5.41, 5.74) is 4.34. The van der Waals surface area contributed by atoms with Gasteiger partial charge in [0.15, 0.2) is 5.71 Å². The van der Waals surface area contributed by atoms with E-state index in [-0.39, 0.29) is 18.1 Å². The van der Waals surface area contributed by atoms with Gasteiger partial charge in [0.1, 0.15) is 30.9 Å². The van der Waals surface area contributed by atoms with Gasteiger partial charge in [0, 0.05) is 11.1 Å². The molecular weight excluding hydrogens is 433 g/mol. The Balaban J connectivity index is 1.78. The summed E-state index contributed by atoms with van der Waals surface area (Å²) >= 11 is 1.30. The Hall–Kier alpha value is -3.59. The minimum absolute atomic E-state index is 0.0430. The summed E-state index contributed by atoms with van der Waals surface area (Å²) < 4.78 is 22.4. The summed E-state index contributed by atoms with van der Waals surface area (Å²) in [4.78, 5) is 23.4. The lowest BCUT2D eigenvalue weighted by molar-refractivity contribution is -0.132. The molecule has 0 saturated heterocycles. The van der Waals surface area contributed by atoms with E-state index in [2.05, 4.69) is 14.7 Å². The molecule has 0 amide bonds. The molecule has 0 aliphatic carbocycles. The second-order valence-electron chi connectivity index (χ2n) is 6.75. The third-order valence-electron chi connectivity index (χ3n) is 4.65. The Morgan fingerprint density at radius 1 is 1.12 bits per heavy atom. The number of aryl methyl sites for hydroxylation is 1. The van der Waals surface area contributed by atoms with Crippen molar-refractivity contribution in [1.29, 1.82) is 0 Å². The molecule has 0 saturated carbocycles. The molecule has 3 aromatic rings. The fourth-order valence-electron chi connectivity index (χ4n) is 2.94. The van der Waals surface area contributed by atoms with Crippen molar-refractivity contribution in [2.24, 2.45) is 10.3 Å². The van der Waals surface area contributed by atoms with Gasteiger partial charge in [0.2, 0.25) is 0 Å². The third kappa shape index (κ3) is 5.36. The quantitative estimate of drug-likeness (QED) is 0.279. The molecule has 0 aliphatic heterocycles. The van der Waals surface area contributed by atoms with Crippen molar-refractivity contribution >= 4 is 28.9 Å². The van der Waals surface area contributed by atoms with Crippen LogP contribution in [0.15, 0.2) is 58.8 Å². The number of halogens is 1. The van der Waals surface area contributed by atoms with Crippen LogP contribution in [-0.4, -0.2) is 36.0 Å².